The molecule has 1 aliphatic rings. The zero-order valence-electron chi connectivity index (χ0n) is 13.0. The van der Waals surface area contributed by atoms with Crippen molar-refractivity contribution in [1.29, 1.82) is 0 Å². The second-order valence-electron chi connectivity index (χ2n) is 5.59. The number of nitrogens with zero attached hydrogens (tertiary/aromatic N) is 1. The molecule has 1 heterocycles. The minimum Gasteiger partial charge on any atom is -0.494 e. The van der Waals surface area contributed by atoms with Crippen LogP contribution in [-0.4, -0.2) is 24.8 Å². The van der Waals surface area contributed by atoms with Gasteiger partial charge in [-0.15, -0.1) is 0 Å². The highest BCUT2D eigenvalue weighted by Crippen LogP contribution is 2.38. The Labute approximate surface area is 157 Å². The van der Waals surface area contributed by atoms with Gasteiger partial charge in [0.2, 0.25) is 0 Å². The number of Topliss-reactive ketones (excluding diaryl/α,β-unsaturated/α-hetero) is 1. The van der Waals surface area contributed by atoms with Crippen molar-refractivity contribution >= 4 is 49.2 Å². The summed E-state index contributed by atoms with van der Waals surface area (Å²) in [7, 11) is 0. The molecule has 0 N–H and O–H groups in total. The van der Waals surface area contributed by atoms with Crippen molar-refractivity contribution < 1.29 is 14.3 Å². The van der Waals surface area contributed by atoms with Crippen LogP contribution in [0.4, 0.5) is 5.69 Å². The van der Waals surface area contributed by atoms with Gasteiger partial charge in [0.05, 0.1) is 17.9 Å². The van der Waals surface area contributed by atoms with Crippen molar-refractivity contribution in [2.45, 2.75) is 13.3 Å². The molecular formula is C18H15Br2NO3. The van der Waals surface area contributed by atoms with E-state index < -0.39 is 11.7 Å². The number of carbonyl (C=O) groups excluding carboxylic acids is 2. The Morgan fingerprint density at radius 1 is 1.12 bits per heavy atom. The second-order valence-corrected chi connectivity index (χ2v) is 7.36. The Morgan fingerprint density at radius 3 is 2.67 bits per heavy atom. The van der Waals surface area contributed by atoms with E-state index in [1.54, 1.807) is 6.07 Å². The van der Waals surface area contributed by atoms with E-state index in [0.717, 1.165) is 20.3 Å². The van der Waals surface area contributed by atoms with Crippen LogP contribution in [0, 0.1) is 6.92 Å². The molecule has 0 bridgehead atoms. The van der Waals surface area contributed by atoms with Gasteiger partial charge in [-0.25, -0.2) is 0 Å². The predicted octanol–water partition coefficient (Wildman–Crippen LogP) is 4.52. The minimum absolute atomic E-state index is 0.431. The maximum absolute atomic E-state index is 12.2. The molecule has 0 atom stereocenters. The Hall–Kier alpha value is -1.66. The normalized spacial score (nSPS) is 13.4. The number of amides is 1. The smallest absolute Gasteiger partial charge is 0.299 e. The molecule has 0 spiro atoms. The number of benzene rings is 2. The minimum atomic E-state index is -0.487. The average Bonchev–Trinajstić information content (AvgIpc) is 2.77. The summed E-state index contributed by atoms with van der Waals surface area (Å²) in [5, 5.41) is 0. The highest BCUT2D eigenvalue weighted by atomic mass is 79.9. The van der Waals surface area contributed by atoms with Crippen LogP contribution < -0.4 is 9.64 Å². The summed E-state index contributed by atoms with van der Waals surface area (Å²) in [6, 6.07) is 11.3. The van der Waals surface area contributed by atoms with E-state index in [1.807, 2.05) is 37.3 Å². The van der Waals surface area contributed by atoms with Crippen LogP contribution >= 0.6 is 31.9 Å². The second kappa shape index (κ2) is 7.07. The monoisotopic (exact) mass is 451 g/mol. The number of fused-ring (bicyclic) bond motifs is 1. The van der Waals surface area contributed by atoms with Gasteiger partial charge in [-0.1, -0.05) is 28.1 Å². The summed E-state index contributed by atoms with van der Waals surface area (Å²) in [6.45, 7) is 2.92. The highest BCUT2D eigenvalue weighted by Gasteiger charge is 2.37. The third kappa shape index (κ3) is 3.39. The highest BCUT2D eigenvalue weighted by molar-refractivity contribution is 9.11. The van der Waals surface area contributed by atoms with Crippen LogP contribution in [0.3, 0.4) is 0 Å². The van der Waals surface area contributed by atoms with Crippen molar-refractivity contribution in [2.75, 3.05) is 18.1 Å². The third-order valence-electron chi connectivity index (χ3n) is 3.77. The maximum atomic E-state index is 12.2. The average molecular weight is 453 g/mol. The number of anilines is 1. The van der Waals surface area contributed by atoms with Gasteiger partial charge in [-0.05, 0) is 59.1 Å². The molecule has 1 aliphatic heterocycles. The number of aryl methyl sites for hydroxylation is 1. The number of rotatable bonds is 5. The van der Waals surface area contributed by atoms with Crippen molar-refractivity contribution in [2.24, 2.45) is 0 Å². The molecule has 124 valence electrons. The summed E-state index contributed by atoms with van der Waals surface area (Å²) in [4.78, 5) is 25.9. The largest absolute Gasteiger partial charge is 0.494 e. The molecule has 3 rings (SSSR count). The lowest BCUT2D eigenvalue weighted by molar-refractivity contribution is -0.114. The number of hydrogen-bond donors (Lipinski definition) is 0. The Morgan fingerprint density at radius 2 is 1.92 bits per heavy atom. The quantitative estimate of drug-likeness (QED) is 0.495. The lowest BCUT2D eigenvalue weighted by Gasteiger charge is -2.18. The molecule has 0 saturated heterocycles. The molecule has 6 heteroatoms. The number of ketones is 1. The molecule has 0 aliphatic carbocycles. The van der Waals surface area contributed by atoms with Crippen molar-refractivity contribution in [3.8, 4) is 5.75 Å². The number of hydrogen-bond acceptors (Lipinski definition) is 3. The molecular weight excluding hydrogens is 438 g/mol. The lowest BCUT2D eigenvalue weighted by Crippen LogP contribution is -2.31. The fourth-order valence-corrected chi connectivity index (χ4v) is 4.12. The van der Waals surface area contributed by atoms with Gasteiger partial charge in [-0.2, -0.15) is 0 Å². The number of carbonyl (C=O) groups is 2. The van der Waals surface area contributed by atoms with Crippen molar-refractivity contribution in [1.82, 2.24) is 0 Å². The molecule has 2 aromatic carbocycles. The Bertz CT molecular complexity index is 820. The molecule has 0 aromatic heterocycles. The fraction of sp³-hybridized carbons (Fsp3) is 0.222. The van der Waals surface area contributed by atoms with Crippen LogP contribution in [0.1, 0.15) is 22.3 Å². The van der Waals surface area contributed by atoms with Gasteiger partial charge < -0.3 is 9.64 Å². The van der Waals surface area contributed by atoms with Gasteiger partial charge >= 0.3 is 0 Å². The summed E-state index contributed by atoms with van der Waals surface area (Å²) >= 11 is 6.79. The van der Waals surface area contributed by atoms with E-state index in [-0.39, 0.29) is 0 Å². The fourth-order valence-electron chi connectivity index (χ4n) is 2.68. The van der Waals surface area contributed by atoms with E-state index in [4.69, 9.17) is 4.74 Å². The van der Waals surface area contributed by atoms with E-state index in [1.165, 1.54) is 4.90 Å². The van der Waals surface area contributed by atoms with Gasteiger partial charge in [0, 0.05) is 15.5 Å². The summed E-state index contributed by atoms with van der Waals surface area (Å²) in [5.41, 5.74) is 2.21. The standard InChI is InChI=1S/C18H15Br2NO3/c1-11-4-2-5-13(8-11)24-7-3-6-21-16-14(17(22)18(21)23)9-12(19)10-15(16)20/h2,4-5,8-10H,3,6-7H2,1H3. The van der Waals surface area contributed by atoms with Crippen LogP contribution in [0.25, 0.3) is 0 Å². The molecule has 0 unspecified atom stereocenters. The van der Waals surface area contributed by atoms with Gasteiger partial charge in [0.15, 0.2) is 0 Å². The zero-order valence-corrected chi connectivity index (χ0v) is 16.2. The SMILES string of the molecule is Cc1cccc(OCCCN2C(=O)C(=O)c3cc(Br)cc(Br)c32)c1. The molecule has 24 heavy (non-hydrogen) atoms. The van der Waals surface area contributed by atoms with Crippen LogP contribution in [-0.2, 0) is 4.79 Å². The van der Waals surface area contributed by atoms with E-state index in [9.17, 15) is 9.59 Å². The van der Waals surface area contributed by atoms with E-state index in [0.29, 0.717) is 30.8 Å². The molecule has 0 radical (unpaired) electrons. The lowest BCUT2D eigenvalue weighted by atomic mass is 10.1. The van der Waals surface area contributed by atoms with Crippen molar-refractivity contribution in [3.05, 3.63) is 56.5 Å². The van der Waals surface area contributed by atoms with Crippen LogP contribution in [0.15, 0.2) is 45.3 Å². The Kier molecular flexibility index (Phi) is 5.06. The summed E-state index contributed by atoms with van der Waals surface area (Å²) in [6.07, 6.45) is 0.634. The van der Waals surface area contributed by atoms with E-state index >= 15 is 0 Å². The first kappa shape index (κ1) is 17.2. The summed E-state index contributed by atoms with van der Waals surface area (Å²) in [5.74, 6) is -0.143. The first-order valence-corrected chi connectivity index (χ1v) is 9.10. The molecule has 0 saturated carbocycles. The number of halogens is 2. The number of ether oxygens (including phenoxy) is 1. The molecule has 4 nitrogen and oxygen atoms in total. The predicted molar refractivity (Wildman–Crippen MR) is 99.8 cm³/mol. The van der Waals surface area contributed by atoms with Gasteiger partial charge in [-0.3, -0.25) is 9.59 Å². The third-order valence-corrected chi connectivity index (χ3v) is 4.83. The first-order valence-electron chi connectivity index (χ1n) is 7.52. The van der Waals surface area contributed by atoms with Gasteiger partial charge in [0.1, 0.15) is 5.75 Å². The molecule has 1 amide bonds. The maximum Gasteiger partial charge on any atom is 0.299 e. The molecule has 2 aromatic rings. The van der Waals surface area contributed by atoms with Crippen LogP contribution in [0.5, 0.6) is 5.75 Å². The van der Waals surface area contributed by atoms with E-state index in [2.05, 4.69) is 31.9 Å². The van der Waals surface area contributed by atoms with Crippen LogP contribution in [0.2, 0.25) is 0 Å². The zero-order chi connectivity index (χ0) is 17.3. The first-order chi connectivity index (χ1) is 11.5. The Balaban J connectivity index is 1.66. The topological polar surface area (TPSA) is 46.6 Å². The van der Waals surface area contributed by atoms with Gasteiger partial charge in [0.25, 0.3) is 11.7 Å². The molecule has 0 fully saturated rings. The van der Waals surface area contributed by atoms with Crippen molar-refractivity contribution in [3.63, 3.8) is 0 Å². The summed E-state index contributed by atoms with van der Waals surface area (Å²) < 4.78 is 7.19.